The Kier molecular flexibility index (Phi) is 3.65. The van der Waals surface area contributed by atoms with Crippen molar-refractivity contribution in [2.45, 2.75) is 26.2 Å². The number of rotatable bonds is 3. The van der Waals surface area contributed by atoms with Gasteiger partial charge in [0.05, 0.1) is 5.69 Å². The highest BCUT2D eigenvalue weighted by Crippen LogP contribution is 2.22. The summed E-state index contributed by atoms with van der Waals surface area (Å²) in [6, 6.07) is 8.64. The summed E-state index contributed by atoms with van der Waals surface area (Å²) in [5, 5.41) is 3.41. The van der Waals surface area contributed by atoms with Gasteiger partial charge in [-0.15, -0.1) is 0 Å². The SMILES string of the molecule is Cc1coc(-c2ccc(CC3CCNCC3)cc2)n1. The van der Waals surface area contributed by atoms with Gasteiger partial charge in [0, 0.05) is 5.56 Å². The molecule has 0 unspecified atom stereocenters. The van der Waals surface area contributed by atoms with Crippen molar-refractivity contribution in [3.8, 4) is 11.5 Å². The van der Waals surface area contributed by atoms with Crippen LogP contribution < -0.4 is 5.32 Å². The van der Waals surface area contributed by atoms with Crippen LogP contribution in [0.25, 0.3) is 11.5 Å². The highest BCUT2D eigenvalue weighted by molar-refractivity contribution is 5.53. The Labute approximate surface area is 114 Å². The van der Waals surface area contributed by atoms with Crippen molar-refractivity contribution in [2.75, 3.05) is 13.1 Å². The van der Waals surface area contributed by atoms with E-state index in [1.165, 1.54) is 37.9 Å². The van der Waals surface area contributed by atoms with E-state index in [0.29, 0.717) is 5.89 Å². The molecule has 1 aliphatic rings. The fraction of sp³-hybridized carbons (Fsp3) is 0.438. The molecule has 0 bridgehead atoms. The quantitative estimate of drug-likeness (QED) is 0.916. The molecule has 100 valence electrons. The molecule has 0 amide bonds. The molecule has 0 aliphatic carbocycles. The van der Waals surface area contributed by atoms with Crippen LogP contribution in [0.15, 0.2) is 34.9 Å². The summed E-state index contributed by atoms with van der Waals surface area (Å²) < 4.78 is 5.42. The molecule has 0 saturated carbocycles. The van der Waals surface area contributed by atoms with Gasteiger partial charge in [-0.25, -0.2) is 4.98 Å². The number of piperidine rings is 1. The molecule has 3 nitrogen and oxygen atoms in total. The summed E-state index contributed by atoms with van der Waals surface area (Å²) in [5.74, 6) is 1.54. The zero-order valence-corrected chi connectivity index (χ0v) is 11.4. The molecule has 0 spiro atoms. The minimum absolute atomic E-state index is 0.714. The van der Waals surface area contributed by atoms with Crippen LogP contribution in [0, 0.1) is 12.8 Å². The lowest BCUT2D eigenvalue weighted by atomic mass is 9.91. The predicted molar refractivity (Wildman–Crippen MR) is 76.0 cm³/mol. The van der Waals surface area contributed by atoms with Gasteiger partial charge in [-0.05, 0) is 62.9 Å². The molecular weight excluding hydrogens is 236 g/mol. The highest BCUT2D eigenvalue weighted by atomic mass is 16.3. The molecule has 0 radical (unpaired) electrons. The maximum Gasteiger partial charge on any atom is 0.226 e. The highest BCUT2D eigenvalue weighted by Gasteiger charge is 2.13. The Morgan fingerprint density at radius 2 is 1.95 bits per heavy atom. The Balaban J connectivity index is 1.68. The van der Waals surface area contributed by atoms with Crippen molar-refractivity contribution in [1.82, 2.24) is 10.3 Å². The maximum atomic E-state index is 5.42. The number of aryl methyl sites for hydroxylation is 1. The van der Waals surface area contributed by atoms with Crippen LogP contribution >= 0.6 is 0 Å². The number of nitrogens with one attached hydrogen (secondary N) is 1. The summed E-state index contributed by atoms with van der Waals surface area (Å²) in [5.41, 5.74) is 3.40. The predicted octanol–water partition coefficient (Wildman–Crippen LogP) is 3.19. The average Bonchev–Trinajstić information content (AvgIpc) is 2.87. The normalized spacial score (nSPS) is 16.7. The molecule has 1 aromatic carbocycles. The van der Waals surface area contributed by atoms with E-state index in [-0.39, 0.29) is 0 Å². The van der Waals surface area contributed by atoms with Crippen molar-refractivity contribution < 1.29 is 4.42 Å². The second-order valence-electron chi connectivity index (χ2n) is 5.39. The van der Waals surface area contributed by atoms with Gasteiger partial charge in [-0.1, -0.05) is 12.1 Å². The van der Waals surface area contributed by atoms with Crippen LogP contribution in [0.3, 0.4) is 0 Å². The number of nitrogens with zero attached hydrogens (tertiary/aromatic N) is 1. The van der Waals surface area contributed by atoms with Gasteiger partial charge >= 0.3 is 0 Å². The van der Waals surface area contributed by atoms with Crippen LogP contribution in [0.4, 0.5) is 0 Å². The van der Waals surface area contributed by atoms with E-state index >= 15 is 0 Å². The van der Waals surface area contributed by atoms with Gasteiger partial charge in [0.15, 0.2) is 0 Å². The second-order valence-corrected chi connectivity index (χ2v) is 5.39. The van der Waals surface area contributed by atoms with Crippen LogP contribution in [0.1, 0.15) is 24.1 Å². The second kappa shape index (κ2) is 5.57. The molecule has 1 fully saturated rings. The van der Waals surface area contributed by atoms with E-state index < -0.39 is 0 Å². The van der Waals surface area contributed by atoms with Gasteiger partial charge < -0.3 is 9.73 Å². The summed E-state index contributed by atoms with van der Waals surface area (Å²) in [4.78, 5) is 4.35. The number of hydrogen-bond acceptors (Lipinski definition) is 3. The van der Waals surface area contributed by atoms with Crippen molar-refractivity contribution in [3.63, 3.8) is 0 Å². The third-order valence-electron chi connectivity index (χ3n) is 3.80. The summed E-state index contributed by atoms with van der Waals surface area (Å²) >= 11 is 0. The molecular formula is C16H20N2O. The van der Waals surface area contributed by atoms with Gasteiger partial charge in [0.1, 0.15) is 6.26 Å². The third kappa shape index (κ3) is 3.04. The molecule has 0 atom stereocenters. The molecule has 19 heavy (non-hydrogen) atoms. The van der Waals surface area contributed by atoms with Crippen molar-refractivity contribution in [1.29, 1.82) is 0 Å². The number of oxazole rings is 1. The van der Waals surface area contributed by atoms with Gasteiger partial charge in [0.2, 0.25) is 5.89 Å². The molecule has 2 heterocycles. The Bertz CT molecular complexity index is 524. The van der Waals surface area contributed by atoms with Crippen molar-refractivity contribution in [3.05, 3.63) is 41.8 Å². The maximum absolute atomic E-state index is 5.42. The van der Waals surface area contributed by atoms with E-state index in [9.17, 15) is 0 Å². The third-order valence-corrected chi connectivity index (χ3v) is 3.80. The monoisotopic (exact) mass is 256 g/mol. The Hall–Kier alpha value is -1.61. The van der Waals surface area contributed by atoms with E-state index in [2.05, 4.69) is 34.6 Å². The first-order valence-corrected chi connectivity index (χ1v) is 7.03. The molecule has 1 aliphatic heterocycles. The fourth-order valence-electron chi connectivity index (χ4n) is 2.69. The minimum Gasteiger partial charge on any atom is -0.444 e. The average molecular weight is 256 g/mol. The summed E-state index contributed by atoms with van der Waals surface area (Å²) in [6.07, 6.45) is 5.46. The molecule has 1 N–H and O–H groups in total. The van der Waals surface area contributed by atoms with E-state index in [4.69, 9.17) is 4.42 Å². The molecule has 2 aromatic rings. The van der Waals surface area contributed by atoms with Crippen LogP contribution in [0.5, 0.6) is 0 Å². The molecule has 3 rings (SSSR count). The van der Waals surface area contributed by atoms with Crippen LogP contribution in [0.2, 0.25) is 0 Å². The summed E-state index contributed by atoms with van der Waals surface area (Å²) in [6.45, 7) is 4.27. The van der Waals surface area contributed by atoms with E-state index in [1.807, 2.05) is 6.92 Å². The Morgan fingerprint density at radius 3 is 2.58 bits per heavy atom. The minimum atomic E-state index is 0.714. The zero-order chi connectivity index (χ0) is 13.1. The number of benzene rings is 1. The van der Waals surface area contributed by atoms with Crippen LogP contribution in [-0.4, -0.2) is 18.1 Å². The lowest BCUT2D eigenvalue weighted by molar-refractivity contribution is 0.372. The first-order valence-electron chi connectivity index (χ1n) is 7.03. The van der Waals surface area contributed by atoms with Gasteiger partial charge in [-0.2, -0.15) is 0 Å². The molecule has 3 heteroatoms. The number of aromatic nitrogens is 1. The standard InChI is InChI=1S/C16H20N2O/c1-12-11-19-16(18-12)15-4-2-13(3-5-15)10-14-6-8-17-9-7-14/h2-5,11,14,17H,6-10H2,1H3. The first-order chi connectivity index (χ1) is 9.31. The smallest absolute Gasteiger partial charge is 0.226 e. The van der Waals surface area contributed by atoms with Crippen molar-refractivity contribution in [2.24, 2.45) is 5.92 Å². The van der Waals surface area contributed by atoms with E-state index in [1.54, 1.807) is 6.26 Å². The van der Waals surface area contributed by atoms with Gasteiger partial charge in [0.25, 0.3) is 0 Å². The van der Waals surface area contributed by atoms with E-state index in [0.717, 1.165) is 17.2 Å². The fourth-order valence-corrected chi connectivity index (χ4v) is 2.69. The first kappa shape index (κ1) is 12.4. The number of hydrogen-bond donors (Lipinski definition) is 1. The lowest BCUT2D eigenvalue weighted by Crippen LogP contribution is -2.28. The largest absolute Gasteiger partial charge is 0.444 e. The lowest BCUT2D eigenvalue weighted by Gasteiger charge is -2.22. The van der Waals surface area contributed by atoms with Crippen molar-refractivity contribution >= 4 is 0 Å². The zero-order valence-electron chi connectivity index (χ0n) is 11.4. The summed E-state index contributed by atoms with van der Waals surface area (Å²) in [7, 11) is 0. The van der Waals surface area contributed by atoms with Gasteiger partial charge in [-0.3, -0.25) is 0 Å². The molecule has 1 saturated heterocycles. The topological polar surface area (TPSA) is 38.1 Å². The molecule has 1 aromatic heterocycles. The Morgan fingerprint density at radius 1 is 1.21 bits per heavy atom. The van der Waals surface area contributed by atoms with Crippen LogP contribution in [-0.2, 0) is 6.42 Å².